The van der Waals surface area contributed by atoms with E-state index in [0.717, 1.165) is 31.8 Å². The van der Waals surface area contributed by atoms with Crippen LogP contribution in [-0.2, 0) is 9.53 Å². The Morgan fingerprint density at radius 2 is 1.67 bits per heavy atom. The van der Waals surface area contributed by atoms with Gasteiger partial charge in [-0.15, -0.1) is 0 Å². The fraction of sp³-hybridized carbons (Fsp3) is 0.944. The molecule has 2 fully saturated rings. The van der Waals surface area contributed by atoms with Crippen LogP contribution >= 0.6 is 0 Å². The monoisotopic (exact) mass is 295 g/mol. The average molecular weight is 295 g/mol. The molecule has 122 valence electrons. The Bertz CT molecular complexity index is 381. The average Bonchev–Trinajstić information content (AvgIpc) is 2.70. The van der Waals surface area contributed by atoms with Crippen LogP contribution in [0.25, 0.3) is 0 Å². The van der Waals surface area contributed by atoms with Crippen LogP contribution in [0.4, 0.5) is 0 Å². The van der Waals surface area contributed by atoms with Gasteiger partial charge < -0.3 is 10.1 Å². The van der Waals surface area contributed by atoms with Gasteiger partial charge in [-0.1, -0.05) is 20.8 Å². The molecule has 0 bridgehead atoms. The van der Waals surface area contributed by atoms with Gasteiger partial charge in [0.25, 0.3) is 0 Å². The van der Waals surface area contributed by atoms with Crippen molar-refractivity contribution in [1.82, 2.24) is 5.32 Å². The van der Waals surface area contributed by atoms with Crippen LogP contribution in [0, 0.1) is 22.7 Å². The minimum atomic E-state index is -0.385. The highest BCUT2D eigenvalue weighted by atomic mass is 16.6. The van der Waals surface area contributed by atoms with E-state index < -0.39 is 0 Å². The molecule has 21 heavy (non-hydrogen) atoms. The largest absolute Gasteiger partial charge is 0.460 e. The Balaban J connectivity index is 2.04. The van der Waals surface area contributed by atoms with Gasteiger partial charge in [0, 0.05) is 13.1 Å². The number of rotatable bonds is 1. The highest BCUT2D eigenvalue weighted by Gasteiger charge is 2.50. The summed E-state index contributed by atoms with van der Waals surface area (Å²) in [5, 5.41) is 3.45. The molecule has 1 heterocycles. The second-order valence-electron chi connectivity index (χ2n) is 9.22. The summed E-state index contributed by atoms with van der Waals surface area (Å²) in [5.41, 5.74) is 0.141. The van der Waals surface area contributed by atoms with E-state index >= 15 is 0 Å². The van der Waals surface area contributed by atoms with E-state index in [0.29, 0.717) is 5.41 Å². The molecule has 1 aliphatic carbocycles. The second kappa shape index (κ2) is 5.57. The Morgan fingerprint density at radius 3 is 2.14 bits per heavy atom. The minimum absolute atomic E-state index is 0.00158. The standard InChI is InChI=1S/C18H33NO2/c1-16(2,3)13-7-9-18(10-8-13)12-19-11-14(18)15(20)21-17(4,5)6/h13-14,19H,7-12H2,1-6H3. The number of hydrogen-bond donors (Lipinski definition) is 1. The van der Waals surface area contributed by atoms with Crippen LogP contribution < -0.4 is 5.32 Å². The molecule has 1 atom stereocenters. The Hall–Kier alpha value is -0.570. The van der Waals surface area contributed by atoms with Crippen LogP contribution in [0.1, 0.15) is 67.2 Å². The van der Waals surface area contributed by atoms with Crippen molar-refractivity contribution in [2.45, 2.75) is 72.8 Å². The van der Waals surface area contributed by atoms with Gasteiger partial charge in [-0.05, 0) is 63.2 Å². The molecule has 2 aliphatic rings. The molecule has 0 radical (unpaired) electrons. The summed E-state index contributed by atoms with van der Waals surface area (Å²) in [6.07, 6.45) is 4.80. The van der Waals surface area contributed by atoms with Crippen molar-refractivity contribution >= 4 is 5.97 Å². The first-order valence-corrected chi connectivity index (χ1v) is 8.47. The van der Waals surface area contributed by atoms with Crippen LogP contribution in [0.15, 0.2) is 0 Å². The summed E-state index contributed by atoms with van der Waals surface area (Å²) >= 11 is 0. The number of carbonyl (C=O) groups is 1. The third-order valence-corrected chi connectivity index (χ3v) is 5.46. The van der Waals surface area contributed by atoms with Crippen LogP contribution in [-0.4, -0.2) is 24.7 Å². The van der Waals surface area contributed by atoms with Crippen molar-refractivity contribution in [3.05, 3.63) is 0 Å². The van der Waals surface area contributed by atoms with Gasteiger partial charge >= 0.3 is 5.97 Å². The second-order valence-corrected chi connectivity index (χ2v) is 9.22. The minimum Gasteiger partial charge on any atom is -0.460 e. The number of ether oxygens (including phenoxy) is 1. The van der Waals surface area contributed by atoms with E-state index in [1.165, 1.54) is 12.8 Å². The number of nitrogens with one attached hydrogen (secondary N) is 1. The third kappa shape index (κ3) is 3.80. The molecule has 0 aromatic rings. The molecular formula is C18H33NO2. The zero-order valence-electron chi connectivity index (χ0n) is 14.7. The molecule has 0 aromatic carbocycles. The van der Waals surface area contributed by atoms with E-state index in [-0.39, 0.29) is 22.9 Å². The number of esters is 1. The lowest BCUT2D eigenvalue weighted by molar-refractivity contribution is -0.164. The van der Waals surface area contributed by atoms with E-state index in [1.54, 1.807) is 0 Å². The van der Waals surface area contributed by atoms with Crippen LogP contribution in [0.5, 0.6) is 0 Å². The topological polar surface area (TPSA) is 38.3 Å². The predicted molar refractivity (Wildman–Crippen MR) is 86.1 cm³/mol. The van der Waals surface area contributed by atoms with Gasteiger partial charge in [-0.2, -0.15) is 0 Å². The molecule has 2 rings (SSSR count). The lowest BCUT2D eigenvalue weighted by atomic mass is 9.61. The molecule has 1 unspecified atom stereocenters. The maximum Gasteiger partial charge on any atom is 0.311 e. The quantitative estimate of drug-likeness (QED) is 0.748. The van der Waals surface area contributed by atoms with Gasteiger partial charge in [0.2, 0.25) is 0 Å². The molecular weight excluding hydrogens is 262 g/mol. The number of carbonyl (C=O) groups excluding carboxylic acids is 1. The summed E-state index contributed by atoms with van der Waals surface area (Å²) in [6, 6.07) is 0. The van der Waals surface area contributed by atoms with E-state index in [2.05, 4.69) is 26.1 Å². The Kier molecular flexibility index (Phi) is 4.45. The van der Waals surface area contributed by atoms with E-state index in [1.807, 2.05) is 20.8 Å². The summed E-state index contributed by atoms with van der Waals surface area (Å²) in [6.45, 7) is 14.7. The molecule has 3 heteroatoms. The molecule has 0 aromatic heterocycles. The molecule has 1 spiro atoms. The van der Waals surface area contributed by atoms with Crippen molar-refractivity contribution in [1.29, 1.82) is 0 Å². The molecule has 1 saturated carbocycles. The van der Waals surface area contributed by atoms with Crippen molar-refractivity contribution < 1.29 is 9.53 Å². The molecule has 1 aliphatic heterocycles. The smallest absolute Gasteiger partial charge is 0.311 e. The van der Waals surface area contributed by atoms with Gasteiger partial charge in [0.1, 0.15) is 5.60 Å². The maximum atomic E-state index is 12.6. The zero-order valence-corrected chi connectivity index (χ0v) is 14.7. The first kappa shape index (κ1) is 16.8. The summed E-state index contributed by atoms with van der Waals surface area (Å²) in [7, 11) is 0. The molecule has 0 amide bonds. The Labute approximate surface area is 130 Å². The first-order chi connectivity index (χ1) is 9.54. The van der Waals surface area contributed by atoms with Crippen molar-refractivity contribution in [2.75, 3.05) is 13.1 Å². The molecule has 1 N–H and O–H groups in total. The summed E-state index contributed by atoms with van der Waals surface area (Å²) in [5.74, 6) is 0.822. The molecule has 3 nitrogen and oxygen atoms in total. The number of hydrogen-bond acceptors (Lipinski definition) is 3. The Morgan fingerprint density at radius 1 is 1.10 bits per heavy atom. The fourth-order valence-corrected chi connectivity index (χ4v) is 4.10. The van der Waals surface area contributed by atoms with Crippen LogP contribution in [0.2, 0.25) is 0 Å². The van der Waals surface area contributed by atoms with Crippen LogP contribution in [0.3, 0.4) is 0 Å². The van der Waals surface area contributed by atoms with Gasteiger partial charge in [-0.25, -0.2) is 0 Å². The highest BCUT2D eigenvalue weighted by molar-refractivity contribution is 5.74. The van der Waals surface area contributed by atoms with Crippen molar-refractivity contribution in [3.8, 4) is 0 Å². The highest BCUT2D eigenvalue weighted by Crippen LogP contribution is 2.50. The lowest BCUT2D eigenvalue weighted by Gasteiger charge is -2.44. The van der Waals surface area contributed by atoms with E-state index in [4.69, 9.17) is 4.74 Å². The van der Waals surface area contributed by atoms with Crippen molar-refractivity contribution in [2.24, 2.45) is 22.7 Å². The predicted octanol–water partition coefficient (Wildman–Crippen LogP) is 3.77. The van der Waals surface area contributed by atoms with E-state index in [9.17, 15) is 4.79 Å². The van der Waals surface area contributed by atoms with Crippen molar-refractivity contribution in [3.63, 3.8) is 0 Å². The molecule has 1 saturated heterocycles. The third-order valence-electron chi connectivity index (χ3n) is 5.46. The normalized spacial score (nSPS) is 34.2. The lowest BCUT2D eigenvalue weighted by Crippen LogP contribution is -2.42. The first-order valence-electron chi connectivity index (χ1n) is 8.47. The summed E-state index contributed by atoms with van der Waals surface area (Å²) in [4.78, 5) is 12.6. The van der Waals surface area contributed by atoms with Gasteiger partial charge in [-0.3, -0.25) is 4.79 Å². The van der Waals surface area contributed by atoms with Gasteiger partial charge in [0.05, 0.1) is 5.92 Å². The summed E-state index contributed by atoms with van der Waals surface area (Å²) < 4.78 is 5.66. The maximum absolute atomic E-state index is 12.6. The zero-order chi connectivity index (χ0) is 15.9. The fourth-order valence-electron chi connectivity index (χ4n) is 4.10. The van der Waals surface area contributed by atoms with Gasteiger partial charge in [0.15, 0.2) is 0 Å². The SMILES string of the molecule is CC(C)(C)OC(=O)C1CNCC12CCC(C(C)(C)C)CC2.